The minimum absolute atomic E-state index is 0.0258. The molecule has 0 aromatic rings. The second-order valence-electron chi connectivity index (χ2n) is 6.40. The van der Waals surface area contributed by atoms with Gasteiger partial charge in [-0.3, -0.25) is 9.69 Å². The number of nitrogens with two attached hydrogens (primary N) is 1. The van der Waals surface area contributed by atoms with Gasteiger partial charge in [0.15, 0.2) is 0 Å². The van der Waals surface area contributed by atoms with Crippen LogP contribution >= 0.6 is 0 Å². The second-order valence-corrected chi connectivity index (χ2v) is 6.40. The van der Waals surface area contributed by atoms with E-state index in [0.29, 0.717) is 19.1 Å². The van der Waals surface area contributed by atoms with Crippen LogP contribution in [0.1, 0.15) is 39.5 Å². The summed E-state index contributed by atoms with van der Waals surface area (Å²) >= 11 is 0. The maximum absolute atomic E-state index is 12.1. The summed E-state index contributed by atoms with van der Waals surface area (Å²) in [6.07, 6.45) is 4.05. The van der Waals surface area contributed by atoms with Crippen LogP contribution < -0.4 is 11.1 Å². The molecule has 2 fully saturated rings. The van der Waals surface area contributed by atoms with Crippen molar-refractivity contribution in [1.82, 2.24) is 10.2 Å². The first-order valence-corrected chi connectivity index (χ1v) is 7.97. The van der Waals surface area contributed by atoms with Crippen LogP contribution in [0.4, 0.5) is 0 Å². The Labute approximate surface area is 122 Å². The third-order valence-corrected chi connectivity index (χ3v) is 4.55. The zero-order chi connectivity index (χ0) is 14.5. The lowest BCUT2D eigenvalue weighted by Gasteiger charge is -2.35. The number of carbonyl (C=O) groups excluding carboxylic acids is 1. The molecule has 2 aliphatic rings. The van der Waals surface area contributed by atoms with E-state index < -0.39 is 0 Å². The number of carbonyl (C=O) groups is 1. The van der Waals surface area contributed by atoms with Crippen molar-refractivity contribution < 1.29 is 9.53 Å². The van der Waals surface area contributed by atoms with E-state index in [-0.39, 0.29) is 18.1 Å². The van der Waals surface area contributed by atoms with Gasteiger partial charge in [-0.1, -0.05) is 6.92 Å². The average Bonchev–Trinajstić information content (AvgIpc) is 2.93. The number of hydrogen-bond acceptors (Lipinski definition) is 4. The topological polar surface area (TPSA) is 67.6 Å². The highest BCUT2D eigenvalue weighted by Gasteiger charge is 2.30. The highest BCUT2D eigenvalue weighted by molar-refractivity contribution is 5.81. The maximum atomic E-state index is 12.1. The Morgan fingerprint density at radius 1 is 1.45 bits per heavy atom. The van der Waals surface area contributed by atoms with Crippen molar-refractivity contribution in [2.24, 2.45) is 11.7 Å². The van der Waals surface area contributed by atoms with E-state index in [2.05, 4.69) is 24.1 Å². The van der Waals surface area contributed by atoms with Crippen LogP contribution in [0, 0.1) is 5.92 Å². The number of nitrogens with one attached hydrogen (secondary N) is 1. The van der Waals surface area contributed by atoms with Gasteiger partial charge in [-0.2, -0.15) is 0 Å². The normalized spacial score (nSPS) is 33.0. The molecule has 3 N–H and O–H groups in total. The number of amides is 1. The number of rotatable bonds is 5. The maximum Gasteiger partial charge on any atom is 0.249 e. The van der Waals surface area contributed by atoms with Gasteiger partial charge < -0.3 is 15.8 Å². The molecule has 116 valence electrons. The molecule has 0 spiro atoms. The van der Waals surface area contributed by atoms with Crippen molar-refractivity contribution in [3.63, 3.8) is 0 Å². The molecule has 4 atom stereocenters. The highest BCUT2D eigenvalue weighted by Crippen LogP contribution is 2.19. The molecule has 2 rings (SSSR count). The average molecular weight is 283 g/mol. The van der Waals surface area contributed by atoms with Crippen LogP contribution in [-0.4, -0.2) is 55.2 Å². The van der Waals surface area contributed by atoms with Gasteiger partial charge in [0.1, 0.15) is 6.10 Å². The third-order valence-electron chi connectivity index (χ3n) is 4.55. The van der Waals surface area contributed by atoms with Gasteiger partial charge in [-0.25, -0.2) is 0 Å². The first kappa shape index (κ1) is 15.7. The smallest absolute Gasteiger partial charge is 0.249 e. The molecule has 1 amide bonds. The van der Waals surface area contributed by atoms with Crippen LogP contribution in [0.15, 0.2) is 0 Å². The zero-order valence-corrected chi connectivity index (χ0v) is 12.8. The number of piperidine rings is 1. The highest BCUT2D eigenvalue weighted by atomic mass is 16.5. The van der Waals surface area contributed by atoms with E-state index in [4.69, 9.17) is 10.5 Å². The molecule has 0 aromatic carbocycles. The van der Waals surface area contributed by atoms with Gasteiger partial charge in [-0.05, 0) is 45.1 Å². The summed E-state index contributed by atoms with van der Waals surface area (Å²) in [5, 5.41) is 3.03. The van der Waals surface area contributed by atoms with Crippen molar-refractivity contribution >= 4 is 5.91 Å². The summed E-state index contributed by atoms with van der Waals surface area (Å²) in [5.74, 6) is 0.795. The standard InChI is InChI=1S/C15H29N3O2/c1-11-4-3-7-18(10-11)12(2)9-17-15(19)14-6-5-13(8-16)20-14/h11-14H,3-10,16H2,1-2H3,(H,17,19)/t11?,12?,13-,14+/m1/s1. The second kappa shape index (κ2) is 7.38. The predicted molar refractivity (Wildman–Crippen MR) is 79.4 cm³/mol. The third kappa shape index (κ3) is 4.17. The lowest BCUT2D eigenvalue weighted by Crippen LogP contribution is -2.48. The fraction of sp³-hybridized carbons (Fsp3) is 0.933. The van der Waals surface area contributed by atoms with Crippen LogP contribution in [0.25, 0.3) is 0 Å². The molecule has 0 saturated carbocycles. The summed E-state index contributed by atoms with van der Waals surface area (Å²) in [5.41, 5.74) is 5.57. The molecule has 5 nitrogen and oxygen atoms in total. The van der Waals surface area contributed by atoms with E-state index in [0.717, 1.165) is 31.8 Å². The van der Waals surface area contributed by atoms with E-state index >= 15 is 0 Å². The lowest BCUT2D eigenvalue weighted by atomic mass is 9.99. The van der Waals surface area contributed by atoms with Crippen LogP contribution in [0.3, 0.4) is 0 Å². The molecule has 0 aliphatic carbocycles. The van der Waals surface area contributed by atoms with Crippen molar-refractivity contribution in [3.05, 3.63) is 0 Å². The predicted octanol–water partition coefficient (Wildman–Crippen LogP) is 0.729. The quantitative estimate of drug-likeness (QED) is 0.780. The van der Waals surface area contributed by atoms with E-state index in [1.54, 1.807) is 0 Å². The molecule has 2 heterocycles. The minimum atomic E-state index is -0.295. The number of ether oxygens (including phenoxy) is 1. The number of hydrogen-bond donors (Lipinski definition) is 2. The summed E-state index contributed by atoms with van der Waals surface area (Å²) in [7, 11) is 0. The van der Waals surface area contributed by atoms with Gasteiger partial charge in [0.05, 0.1) is 6.10 Å². The number of nitrogens with zero attached hydrogens (tertiary/aromatic N) is 1. The van der Waals surface area contributed by atoms with Gasteiger partial charge in [-0.15, -0.1) is 0 Å². The lowest BCUT2D eigenvalue weighted by molar-refractivity contribution is -0.132. The molecular weight excluding hydrogens is 254 g/mol. The first-order valence-electron chi connectivity index (χ1n) is 7.97. The molecule has 0 radical (unpaired) electrons. The fourth-order valence-corrected chi connectivity index (χ4v) is 3.19. The summed E-state index contributed by atoms with van der Waals surface area (Å²) in [6.45, 7) is 8.00. The van der Waals surface area contributed by atoms with E-state index in [1.165, 1.54) is 12.8 Å². The van der Waals surface area contributed by atoms with Crippen LogP contribution in [-0.2, 0) is 9.53 Å². The molecule has 2 saturated heterocycles. The molecule has 0 aromatic heterocycles. The number of likely N-dealkylation sites (tertiary alicyclic amines) is 1. The molecule has 20 heavy (non-hydrogen) atoms. The monoisotopic (exact) mass is 283 g/mol. The Kier molecular flexibility index (Phi) is 5.81. The fourth-order valence-electron chi connectivity index (χ4n) is 3.19. The van der Waals surface area contributed by atoms with Crippen molar-refractivity contribution in [3.8, 4) is 0 Å². The molecule has 2 unspecified atom stereocenters. The van der Waals surface area contributed by atoms with Crippen LogP contribution in [0.5, 0.6) is 0 Å². The molecule has 0 bridgehead atoms. The Balaban J connectivity index is 1.70. The molecular formula is C15H29N3O2. The summed E-state index contributed by atoms with van der Waals surface area (Å²) in [4.78, 5) is 14.5. The van der Waals surface area contributed by atoms with E-state index in [1.807, 2.05) is 0 Å². The largest absolute Gasteiger partial charge is 0.364 e. The van der Waals surface area contributed by atoms with Gasteiger partial charge in [0.25, 0.3) is 0 Å². The SMILES string of the molecule is CC1CCCN(C(C)CNC(=O)[C@@H]2CC[C@H](CN)O2)C1. The Bertz CT molecular complexity index is 324. The van der Waals surface area contributed by atoms with Crippen molar-refractivity contribution in [1.29, 1.82) is 0 Å². The molecule has 5 heteroatoms. The van der Waals surface area contributed by atoms with Gasteiger partial charge >= 0.3 is 0 Å². The van der Waals surface area contributed by atoms with E-state index in [9.17, 15) is 4.79 Å². The Morgan fingerprint density at radius 2 is 2.25 bits per heavy atom. The van der Waals surface area contributed by atoms with Crippen LogP contribution in [0.2, 0.25) is 0 Å². The molecule has 2 aliphatic heterocycles. The zero-order valence-electron chi connectivity index (χ0n) is 12.8. The Morgan fingerprint density at radius 3 is 2.90 bits per heavy atom. The first-order chi connectivity index (χ1) is 9.60. The summed E-state index contributed by atoms with van der Waals surface area (Å²) < 4.78 is 5.62. The summed E-state index contributed by atoms with van der Waals surface area (Å²) in [6, 6.07) is 0.397. The van der Waals surface area contributed by atoms with Gasteiger partial charge in [0.2, 0.25) is 5.91 Å². The van der Waals surface area contributed by atoms with Gasteiger partial charge in [0, 0.05) is 25.7 Å². The Hall–Kier alpha value is -0.650. The van der Waals surface area contributed by atoms with Crippen molar-refractivity contribution in [2.45, 2.75) is 57.8 Å². The van der Waals surface area contributed by atoms with Crippen molar-refractivity contribution in [2.75, 3.05) is 26.2 Å². The minimum Gasteiger partial charge on any atom is -0.364 e.